The monoisotopic (exact) mass is 367 g/mol. The highest BCUT2D eigenvalue weighted by atomic mass is 16.7. The van der Waals surface area contributed by atoms with Crippen molar-refractivity contribution in [3.8, 4) is 23.0 Å². The predicted molar refractivity (Wildman–Crippen MR) is 92.3 cm³/mol. The molecule has 1 spiro atoms. The molecular weight excluding hydrogens is 350 g/mol. The van der Waals surface area contributed by atoms with E-state index in [0.29, 0.717) is 29.2 Å². The molecule has 0 unspecified atom stereocenters. The second kappa shape index (κ2) is 5.07. The molecule has 0 N–H and O–H groups in total. The maximum absolute atomic E-state index is 13.1. The summed E-state index contributed by atoms with van der Waals surface area (Å²) in [6.45, 7) is 1.11. The lowest BCUT2D eigenvalue weighted by Gasteiger charge is -2.47. The van der Waals surface area contributed by atoms with Crippen molar-refractivity contribution in [2.45, 2.75) is 18.6 Å². The van der Waals surface area contributed by atoms with E-state index in [1.165, 1.54) is 0 Å². The summed E-state index contributed by atoms with van der Waals surface area (Å²) in [6.07, 6.45) is 1.39. The molecule has 27 heavy (non-hydrogen) atoms. The average Bonchev–Trinajstić information content (AvgIpc) is 3.32. The van der Waals surface area contributed by atoms with Gasteiger partial charge >= 0.3 is 5.97 Å². The average molecular weight is 367 g/mol. The van der Waals surface area contributed by atoms with Crippen LogP contribution in [0.5, 0.6) is 23.0 Å². The fourth-order valence-electron chi connectivity index (χ4n) is 4.47. The fraction of sp³-hybridized carbons (Fsp3) is 0.350. The fourth-order valence-corrected chi connectivity index (χ4v) is 4.47. The van der Waals surface area contributed by atoms with Gasteiger partial charge in [-0.2, -0.15) is 0 Å². The number of rotatable bonds is 0. The number of hydrogen-bond acceptors (Lipinski definition) is 7. The van der Waals surface area contributed by atoms with Gasteiger partial charge in [0.15, 0.2) is 28.7 Å². The Kier molecular flexibility index (Phi) is 2.85. The zero-order valence-electron chi connectivity index (χ0n) is 14.7. The number of fused-ring (bicyclic) bond motifs is 6. The topological polar surface area (TPSA) is 66.5 Å². The summed E-state index contributed by atoms with van der Waals surface area (Å²) in [4.78, 5) is 15.2. The van der Waals surface area contributed by atoms with Gasteiger partial charge in [-0.25, -0.2) is 4.79 Å². The molecule has 0 radical (unpaired) electrons. The second-order valence-corrected chi connectivity index (χ2v) is 7.22. The van der Waals surface area contributed by atoms with Crippen LogP contribution in [0.2, 0.25) is 0 Å². The quantitative estimate of drug-likeness (QED) is 0.661. The van der Waals surface area contributed by atoms with Gasteiger partial charge in [0.25, 0.3) is 0 Å². The van der Waals surface area contributed by atoms with Crippen LogP contribution in [0.4, 0.5) is 0 Å². The number of likely N-dealkylation sites (N-methyl/N-ethyl adjacent to an activating group) is 1. The highest BCUT2D eigenvalue weighted by Crippen LogP contribution is 2.49. The molecule has 4 heterocycles. The lowest BCUT2D eigenvalue weighted by molar-refractivity contribution is -0.126. The highest BCUT2D eigenvalue weighted by molar-refractivity contribution is 5.97. The first-order valence-corrected chi connectivity index (χ1v) is 8.95. The van der Waals surface area contributed by atoms with E-state index in [1.54, 1.807) is 0 Å². The molecule has 0 fully saturated rings. The van der Waals surface area contributed by atoms with Crippen LogP contribution in [-0.2, 0) is 23.3 Å². The molecule has 7 heteroatoms. The van der Waals surface area contributed by atoms with Crippen molar-refractivity contribution >= 4 is 5.97 Å². The van der Waals surface area contributed by atoms with E-state index in [-0.39, 0.29) is 13.6 Å². The van der Waals surface area contributed by atoms with Crippen LogP contribution >= 0.6 is 0 Å². The smallest absolute Gasteiger partial charge is 0.344 e. The van der Waals surface area contributed by atoms with Crippen LogP contribution in [0.1, 0.15) is 27.0 Å². The van der Waals surface area contributed by atoms with Crippen LogP contribution in [-0.4, -0.2) is 38.0 Å². The normalized spacial score (nSPS) is 24.6. The zero-order chi connectivity index (χ0) is 18.2. The number of carbonyl (C=O) groups is 1. The highest BCUT2D eigenvalue weighted by Gasteiger charge is 2.50. The van der Waals surface area contributed by atoms with Gasteiger partial charge in [0.1, 0.15) is 5.56 Å². The van der Waals surface area contributed by atoms with Crippen molar-refractivity contribution in [3.63, 3.8) is 0 Å². The van der Waals surface area contributed by atoms with E-state index in [0.717, 1.165) is 35.4 Å². The third-order valence-corrected chi connectivity index (χ3v) is 5.87. The third-order valence-electron chi connectivity index (χ3n) is 5.87. The van der Waals surface area contributed by atoms with Crippen molar-refractivity contribution in [2.75, 3.05) is 27.2 Å². The number of carbonyl (C=O) groups excluding carboxylic acids is 1. The number of nitrogens with zero attached hydrogens (tertiary/aromatic N) is 1. The minimum atomic E-state index is -0.869. The summed E-state index contributed by atoms with van der Waals surface area (Å²) in [6, 6.07) is 7.75. The SMILES string of the molecule is CN1CCc2cc3c(cc2[C@@]12Cc1ccc4c(c1C(=O)O2)OCO4)OCO3. The Labute approximate surface area is 155 Å². The van der Waals surface area contributed by atoms with E-state index < -0.39 is 11.7 Å². The van der Waals surface area contributed by atoms with Crippen molar-refractivity contribution in [1.82, 2.24) is 4.90 Å². The van der Waals surface area contributed by atoms with Crippen LogP contribution in [0.25, 0.3) is 0 Å². The lowest BCUT2D eigenvalue weighted by Crippen LogP contribution is -2.54. The van der Waals surface area contributed by atoms with Crippen molar-refractivity contribution in [1.29, 1.82) is 0 Å². The molecule has 7 nitrogen and oxygen atoms in total. The molecule has 6 rings (SSSR count). The van der Waals surface area contributed by atoms with E-state index in [1.807, 2.05) is 31.3 Å². The van der Waals surface area contributed by atoms with Crippen LogP contribution in [0.15, 0.2) is 24.3 Å². The summed E-state index contributed by atoms with van der Waals surface area (Å²) < 4.78 is 28.1. The molecule has 0 aromatic heterocycles. The number of esters is 1. The van der Waals surface area contributed by atoms with Gasteiger partial charge in [-0.05, 0) is 42.8 Å². The van der Waals surface area contributed by atoms with Gasteiger partial charge in [0.05, 0.1) is 0 Å². The van der Waals surface area contributed by atoms with E-state index in [4.69, 9.17) is 23.7 Å². The van der Waals surface area contributed by atoms with E-state index in [2.05, 4.69) is 4.90 Å². The van der Waals surface area contributed by atoms with Gasteiger partial charge in [0.2, 0.25) is 13.6 Å². The third kappa shape index (κ3) is 1.92. The zero-order valence-corrected chi connectivity index (χ0v) is 14.7. The summed E-state index contributed by atoms with van der Waals surface area (Å²) in [5.74, 6) is 2.12. The summed E-state index contributed by atoms with van der Waals surface area (Å²) >= 11 is 0. The molecule has 0 amide bonds. The van der Waals surface area contributed by atoms with Crippen molar-refractivity contribution < 1.29 is 28.5 Å². The summed E-state index contributed by atoms with van der Waals surface area (Å²) in [5, 5.41) is 0. The Morgan fingerprint density at radius 1 is 0.963 bits per heavy atom. The van der Waals surface area contributed by atoms with Gasteiger partial charge in [0, 0.05) is 18.5 Å². The standard InChI is InChI=1S/C20H17NO6/c1-21-5-4-11-6-15-16(25-9-24-15)7-13(11)20(21)8-12-2-3-14-18(26-10-23-14)17(12)19(22)27-20/h2-3,6-7H,4-5,8-10H2,1H3/t20-/m0/s1. The molecule has 4 aliphatic rings. The Morgan fingerprint density at radius 2 is 1.74 bits per heavy atom. The first kappa shape index (κ1) is 15.2. The first-order valence-electron chi connectivity index (χ1n) is 8.95. The first-order chi connectivity index (χ1) is 13.2. The molecule has 2 aromatic carbocycles. The molecule has 138 valence electrons. The van der Waals surface area contributed by atoms with Crippen LogP contribution in [0.3, 0.4) is 0 Å². The van der Waals surface area contributed by atoms with Gasteiger partial charge in [-0.3, -0.25) is 4.90 Å². The summed E-state index contributed by atoms with van der Waals surface area (Å²) in [5.41, 5.74) is 2.57. The molecular formula is C20H17NO6. The van der Waals surface area contributed by atoms with Gasteiger partial charge in [-0.1, -0.05) is 6.07 Å². The number of ether oxygens (including phenoxy) is 5. The van der Waals surface area contributed by atoms with Crippen LogP contribution in [0, 0.1) is 0 Å². The maximum atomic E-state index is 13.1. The molecule has 0 saturated heterocycles. The maximum Gasteiger partial charge on any atom is 0.344 e. The van der Waals surface area contributed by atoms with Gasteiger partial charge in [-0.15, -0.1) is 0 Å². The molecule has 1 atom stereocenters. The van der Waals surface area contributed by atoms with Gasteiger partial charge < -0.3 is 23.7 Å². The van der Waals surface area contributed by atoms with E-state index >= 15 is 0 Å². The molecule has 0 bridgehead atoms. The second-order valence-electron chi connectivity index (χ2n) is 7.22. The Morgan fingerprint density at radius 3 is 2.63 bits per heavy atom. The van der Waals surface area contributed by atoms with E-state index in [9.17, 15) is 4.79 Å². The Bertz CT molecular complexity index is 1000. The Hall–Kier alpha value is -2.93. The molecule has 4 aliphatic heterocycles. The lowest BCUT2D eigenvalue weighted by atomic mass is 9.82. The molecule has 2 aromatic rings. The molecule has 0 saturated carbocycles. The van der Waals surface area contributed by atoms with Crippen LogP contribution < -0.4 is 18.9 Å². The van der Waals surface area contributed by atoms with Crippen molar-refractivity contribution in [3.05, 3.63) is 46.5 Å². The number of benzene rings is 2. The predicted octanol–water partition coefficient (Wildman–Crippen LogP) is 2.20. The minimum absolute atomic E-state index is 0.121. The minimum Gasteiger partial charge on any atom is -0.454 e. The number of hydrogen-bond donors (Lipinski definition) is 0. The molecule has 0 aliphatic carbocycles. The van der Waals surface area contributed by atoms with Crippen molar-refractivity contribution in [2.24, 2.45) is 0 Å². The largest absolute Gasteiger partial charge is 0.454 e. The Balaban J connectivity index is 1.53. The summed E-state index contributed by atoms with van der Waals surface area (Å²) in [7, 11) is 1.98.